The second-order valence-electron chi connectivity index (χ2n) is 11.3. The van der Waals surface area contributed by atoms with Gasteiger partial charge in [-0.2, -0.15) is 0 Å². The molecule has 14 heteroatoms. The number of nitrogens with one attached hydrogen (secondary N) is 2. The van der Waals surface area contributed by atoms with E-state index in [0.29, 0.717) is 42.5 Å². The van der Waals surface area contributed by atoms with Crippen molar-refractivity contribution in [2.45, 2.75) is 69.9 Å². The molecule has 226 valence electrons. The molecule has 1 aliphatic rings. The highest BCUT2D eigenvalue weighted by molar-refractivity contribution is 7.93. The number of aromatic nitrogens is 2. The molecule has 42 heavy (non-hydrogen) atoms. The SMILES string of the molecule is COc1ccc2ncc(=O)n(CC(C3CCC(NC(=O)OC(C)(C)C)CC3)S(=O)(=O)Nc3ccccc3[N+](=O)[O-])c2c1. The summed E-state index contributed by atoms with van der Waals surface area (Å²) in [5.74, 6) is 0.0393. The number of para-hydroxylation sites is 2. The number of sulfonamides is 1. The molecular weight excluding hydrogens is 566 g/mol. The fourth-order valence-corrected chi connectivity index (χ4v) is 6.95. The number of hydrogen-bond donors (Lipinski definition) is 2. The third-order valence-electron chi connectivity index (χ3n) is 7.19. The number of methoxy groups -OCH3 is 1. The second kappa shape index (κ2) is 12.3. The normalized spacial score (nSPS) is 18.2. The van der Waals surface area contributed by atoms with E-state index in [1.165, 1.54) is 35.9 Å². The van der Waals surface area contributed by atoms with Gasteiger partial charge in [-0.05, 0) is 70.6 Å². The Morgan fingerprint density at radius 3 is 2.50 bits per heavy atom. The first-order valence-corrected chi connectivity index (χ1v) is 15.1. The summed E-state index contributed by atoms with van der Waals surface area (Å²) in [7, 11) is -2.79. The molecule has 0 saturated heterocycles. The standard InChI is InChI=1S/C28H35N5O8S/c1-28(2,3)41-27(35)30-19-11-9-18(10-12-19)25(42(38,39)31-22-7-5-6-8-23(22)33(36)37)17-32-24-15-20(40-4)13-14-21(24)29-16-26(32)34/h5-8,13-16,18-19,25,31H,9-12,17H2,1-4H3,(H,30,35). The van der Waals surface area contributed by atoms with E-state index in [2.05, 4.69) is 15.0 Å². The van der Waals surface area contributed by atoms with Crippen LogP contribution in [0, 0.1) is 16.0 Å². The van der Waals surface area contributed by atoms with E-state index < -0.39 is 43.4 Å². The fourth-order valence-electron chi connectivity index (χ4n) is 5.20. The van der Waals surface area contributed by atoms with E-state index in [4.69, 9.17) is 9.47 Å². The molecule has 1 aromatic heterocycles. The van der Waals surface area contributed by atoms with Crippen molar-refractivity contribution < 1.29 is 27.6 Å². The average molecular weight is 602 g/mol. The molecule has 1 fully saturated rings. The van der Waals surface area contributed by atoms with Crippen molar-refractivity contribution in [3.05, 3.63) is 69.1 Å². The number of nitro groups is 1. The van der Waals surface area contributed by atoms with Crippen LogP contribution in [0.25, 0.3) is 11.0 Å². The van der Waals surface area contributed by atoms with Crippen molar-refractivity contribution in [2.75, 3.05) is 11.8 Å². The summed E-state index contributed by atoms with van der Waals surface area (Å²) in [4.78, 5) is 40.5. The lowest BCUT2D eigenvalue weighted by Crippen LogP contribution is -2.45. The quantitative estimate of drug-likeness (QED) is 0.269. The van der Waals surface area contributed by atoms with Gasteiger partial charge in [0.05, 0.1) is 29.3 Å². The number of benzene rings is 2. The Hall–Kier alpha value is -4.20. The molecule has 1 aliphatic carbocycles. The van der Waals surface area contributed by atoms with E-state index in [-0.39, 0.29) is 24.0 Å². The minimum absolute atomic E-state index is 0.165. The molecule has 0 bridgehead atoms. The molecule has 0 spiro atoms. The Labute approximate surface area is 243 Å². The van der Waals surface area contributed by atoms with E-state index in [1.54, 1.807) is 39.0 Å². The summed E-state index contributed by atoms with van der Waals surface area (Å²) in [5, 5.41) is 13.3. The van der Waals surface area contributed by atoms with Crippen molar-refractivity contribution >= 4 is 38.5 Å². The summed E-state index contributed by atoms with van der Waals surface area (Å²) < 4.78 is 42.4. The smallest absolute Gasteiger partial charge is 0.407 e. The summed E-state index contributed by atoms with van der Waals surface area (Å²) >= 11 is 0. The highest BCUT2D eigenvalue weighted by Gasteiger charge is 2.38. The summed E-state index contributed by atoms with van der Waals surface area (Å²) in [6, 6.07) is 10.3. The number of hydrogen-bond acceptors (Lipinski definition) is 9. The third kappa shape index (κ3) is 7.35. The Balaban J connectivity index is 1.67. The number of amides is 1. The number of ether oxygens (including phenoxy) is 2. The molecule has 2 N–H and O–H groups in total. The molecule has 0 aliphatic heterocycles. The molecule has 3 aromatic rings. The van der Waals surface area contributed by atoms with Crippen LogP contribution in [0.2, 0.25) is 0 Å². The first-order chi connectivity index (χ1) is 19.8. The van der Waals surface area contributed by atoms with E-state index >= 15 is 0 Å². The van der Waals surface area contributed by atoms with E-state index in [0.717, 1.165) is 6.20 Å². The van der Waals surface area contributed by atoms with Crippen LogP contribution in [0.3, 0.4) is 0 Å². The lowest BCUT2D eigenvalue weighted by molar-refractivity contribution is -0.383. The van der Waals surface area contributed by atoms with Crippen LogP contribution in [0.5, 0.6) is 5.75 Å². The van der Waals surface area contributed by atoms with Gasteiger partial charge >= 0.3 is 6.09 Å². The summed E-state index contributed by atoms with van der Waals surface area (Å²) in [5.41, 5.74) is -0.837. The summed E-state index contributed by atoms with van der Waals surface area (Å²) in [6.07, 6.45) is 2.41. The molecule has 4 rings (SSSR count). The number of alkyl carbamates (subject to hydrolysis) is 1. The van der Waals surface area contributed by atoms with E-state index in [1.807, 2.05) is 0 Å². The van der Waals surface area contributed by atoms with Crippen molar-refractivity contribution in [1.82, 2.24) is 14.9 Å². The highest BCUT2D eigenvalue weighted by atomic mass is 32.2. The number of carbonyl (C=O) groups is 1. The fraction of sp³-hybridized carbons (Fsp3) is 0.464. The maximum Gasteiger partial charge on any atom is 0.407 e. The number of rotatable bonds is 9. The van der Waals surface area contributed by atoms with Crippen molar-refractivity contribution in [1.29, 1.82) is 0 Å². The van der Waals surface area contributed by atoms with E-state index in [9.17, 15) is 28.1 Å². The molecule has 1 saturated carbocycles. The Kier molecular flexibility index (Phi) is 9.04. The number of nitrogens with zero attached hydrogens (tertiary/aromatic N) is 3. The van der Waals surface area contributed by atoms with Gasteiger partial charge in [0.15, 0.2) is 0 Å². The van der Waals surface area contributed by atoms with Gasteiger partial charge < -0.3 is 19.4 Å². The van der Waals surface area contributed by atoms with Crippen LogP contribution < -0.4 is 20.3 Å². The van der Waals surface area contributed by atoms with Crippen LogP contribution in [0.1, 0.15) is 46.5 Å². The minimum Gasteiger partial charge on any atom is -0.497 e. The molecule has 1 atom stereocenters. The highest BCUT2D eigenvalue weighted by Crippen LogP contribution is 2.34. The van der Waals surface area contributed by atoms with Gasteiger partial charge in [-0.1, -0.05) is 12.1 Å². The topological polar surface area (TPSA) is 172 Å². The van der Waals surface area contributed by atoms with Crippen molar-refractivity contribution in [3.8, 4) is 5.75 Å². The molecule has 1 heterocycles. The predicted molar refractivity (Wildman–Crippen MR) is 157 cm³/mol. The van der Waals surface area contributed by atoms with Gasteiger partial charge in [0, 0.05) is 24.7 Å². The average Bonchev–Trinajstić information content (AvgIpc) is 2.91. The zero-order valence-electron chi connectivity index (χ0n) is 23.9. The largest absolute Gasteiger partial charge is 0.497 e. The molecule has 0 radical (unpaired) electrons. The lowest BCUT2D eigenvalue weighted by atomic mass is 9.83. The van der Waals surface area contributed by atoms with Crippen LogP contribution in [-0.4, -0.2) is 53.0 Å². The van der Waals surface area contributed by atoms with Crippen LogP contribution >= 0.6 is 0 Å². The summed E-state index contributed by atoms with van der Waals surface area (Å²) in [6.45, 7) is 5.08. The molecule has 1 unspecified atom stereocenters. The van der Waals surface area contributed by atoms with Crippen LogP contribution in [0.15, 0.2) is 53.5 Å². The minimum atomic E-state index is -4.27. The van der Waals surface area contributed by atoms with Crippen LogP contribution in [0.4, 0.5) is 16.2 Å². The maximum absolute atomic E-state index is 14.0. The molecule has 1 amide bonds. The number of anilines is 1. The first-order valence-electron chi connectivity index (χ1n) is 13.6. The Morgan fingerprint density at radius 2 is 1.86 bits per heavy atom. The molecule has 2 aromatic carbocycles. The Bertz CT molecular complexity index is 1630. The predicted octanol–water partition coefficient (Wildman–Crippen LogP) is 4.21. The maximum atomic E-state index is 14.0. The van der Waals surface area contributed by atoms with Gasteiger partial charge in [0.1, 0.15) is 22.3 Å². The lowest BCUT2D eigenvalue weighted by Gasteiger charge is -2.34. The monoisotopic (exact) mass is 601 g/mol. The van der Waals surface area contributed by atoms with Gasteiger partial charge in [-0.15, -0.1) is 0 Å². The van der Waals surface area contributed by atoms with Crippen molar-refractivity contribution in [2.24, 2.45) is 5.92 Å². The third-order valence-corrected chi connectivity index (χ3v) is 9.02. The number of nitro benzene ring substituents is 1. The second-order valence-corrected chi connectivity index (χ2v) is 13.2. The zero-order chi connectivity index (χ0) is 30.7. The zero-order valence-corrected chi connectivity index (χ0v) is 24.7. The molecular formula is C28H35N5O8S. The van der Waals surface area contributed by atoms with Gasteiger partial charge in [-0.25, -0.2) is 18.2 Å². The number of carbonyl (C=O) groups excluding carboxylic acids is 1. The van der Waals surface area contributed by atoms with Crippen LogP contribution in [-0.2, 0) is 21.3 Å². The van der Waals surface area contributed by atoms with Crippen molar-refractivity contribution in [3.63, 3.8) is 0 Å². The molecule has 13 nitrogen and oxygen atoms in total. The first kappa shape index (κ1) is 30.8. The Morgan fingerprint density at radius 1 is 1.17 bits per heavy atom. The van der Waals surface area contributed by atoms with Gasteiger partial charge in [-0.3, -0.25) is 19.6 Å². The van der Waals surface area contributed by atoms with Gasteiger partial charge in [0.25, 0.3) is 11.2 Å². The number of fused-ring (bicyclic) bond motifs is 1. The van der Waals surface area contributed by atoms with Gasteiger partial charge in [0.2, 0.25) is 10.0 Å².